The number of rotatable bonds is 11. The molecule has 1 aliphatic heterocycles. The topological polar surface area (TPSA) is 130 Å². The van der Waals surface area contributed by atoms with Crippen molar-refractivity contribution in [1.29, 1.82) is 0 Å². The van der Waals surface area contributed by atoms with Crippen molar-refractivity contribution in [3.05, 3.63) is 37.1 Å². The van der Waals surface area contributed by atoms with Crippen LogP contribution in [-0.4, -0.2) is 87.5 Å². The van der Waals surface area contributed by atoms with Crippen LogP contribution in [0.5, 0.6) is 0 Å². The molecular formula is C37H56N4O7. The molecule has 2 aromatic rings. The number of nitrogens with zero attached hydrogens (tertiary/aromatic N) is 4. The molecule has 0 bridgehead atoms. The fourth-order valence-corrected chi connectivity index (χ4v) is 7.45. The average molecular weight is 669 g/mol. The minimum Gasteiger partial charge on any atom is -0.459 e. The van der Waals surface area contributed by atoms with Crippen molar-refractivity contribution in [3.8, 4) is 11.3 Å². The fourth-order valence-electron chi connectivity index (χ4n) is 7.45. The third-order valence-electron chi connectivity index (χ3n) is 11.0. The highest BCUT2D eigenvalue weighted by Gasteiger charge is 2.52. The number of hydrogen-bond acceptors (Lipinski definition) is 9. The molecule has 0 unspecified atom stereocenters. The van der Waals surface area contributed by atoms with Crippen LogP contribution in [0.2, 0.25) is 0 Å². The summed E-state index contributed by atoms with van der Waals surface area (Å²) in [4.78, 5) is 64.6. The molecule has 3 rings (SSSR count). The first kappa shape index (κ1) is 39.0. The summed E-state index contributed by atoms with van der Waals surface area (Å²) >= 11 is 0. The summed E-state index contributed by atoms with van der Waals surface area (Å²) in [6, 6.07) is 3.06. The molecule has 1 saturated heterocycles. The number of imidazole rings is 1. The molecular weight excluding hydrogens is 612 g/mol. The second kappa shape index (κ2) is 16.8. The number of ether oxygens (including phenoxy) is 3. The van der Waals surface area contributed by atoms with Crippen LogP contribution in [0.15, 0.2) is 37.1 Å². The molecule has 0 saturated carbocycles. The number of cyclic esters (lactones) is 1. The number of esters is 1. The van der Waals surface area contributed by atoms with E-state index in [2.05, 4.69) is 9.97 Å². The van der Waals surface area contributed by atoms with E-state index in [4.69, 9.17) is 14.2 Å². The van der Waals surface area contributed by atoms with Crippen LogP contribution < -0.4 is 0 Å². The van der Waals surface area contributed by atoms with Crippen molar-refractivity contribution in [1.82, 2.24) is 19.4 Å². The Morgan fingerprint density at radius 3 is 2.33 bits per heavy atom. The lowest BCUT2D eigenvalue weighted by molar-refractivity contribution is -0.190. The average Bonchev–Trinajstić information content (AvgIpc) is 3.58. The third kappa shape index (κ3) is 8.40. The maximum atomic E-state index is 14.3. The van der Waals surface area contributed by atoms with E-state index in [-0.39, 0.29) is 17.5 Å². The molecule has 1 fully saturated rings. The zero-order valence-corrected chi connectivity index (χ0v) is 30.5. The molecule has 3 heterocycles. The Bertz CT molecular complexity index is 1380. The minimum absolute atomic E-state index is 0.0578. The molecule has 266 valence electrons. The number of hydrogen-bond donors (Lipinski definition) is 0. The quantitative estimate of drug-likeness (QED) is 0.134. The van der Waals surface area contributed by atoms with E-state index in [1.165, 1.54) is 7.11 Å². The van der Waals surface area contributed by atoms with Crippen molar-refractivity contribution >= 4 is 23.9 Å². The Kier molecular flexibility index (Phi) is 13.6. The van der Waals surface area contributed by atoms with Gasteiger partial charge >= 0.3 is 5.97 Å². The van der Waals surface area contributed by atoms with Crippen molar-refractivity contribution in [2.24, 2.45) is 29.6 Å². The van der Waals surface area contributed by atoms with Crippen LogP contribution in [0, 0.1) is 29.6 Å². The molecule has 0 aliphatic carbocycles. The zero-order valence-electron chi connectivity index (χ0n) is 30.5. The van der Waals surface area contributed by atoms with Gasteiger partial charge < -0.3 is 23.7 Å². The summed E-state index contributed by atoms with van der Waals surface area (Å²) in [7, 11) is 3.10. The summed E-state index contributed by atoms with van der Waals surface area (Å²) in [5, 5.41) is 0. The van der Waals surface area contributed by atoms with Crippen LogP contribution in [0.3, 0.4) is 0 Å². The Balaban J connectivity index is 1.94. The molecule has 2 aromatic heterocycles. The van der Waals surface area contributed by atoms with Gasteiger partial charge in [0.2, 0.25) is 6.41 Å². The number of aromatic nitrogens is 3. The van der Waals surface area contributed by atoms with Gasteiger partial charge in [0.05, 0.1) is 23.7 Å². The van der Waals surface area contributed by atoms with E-state index in [1.54, 1.807) is 51.5 Å². The standard InChI is InChI=1S/C37H56N4O7/c1-11-31-37(8,47-10)34(41(23-42)18-13-12-17-40-21-30(39-22-40)29-15-14-16-38-20-29)26(4)32(43)24(2)19-36(7,46-9)28(6)25(3)33(44)27(5)35(45)48-31/h14-16,20-28,31,34H,11-13,17-19H2,1-10H3/t24-,25-,26+,27-,28-,31-,34-,36-,37-/m1/s1. The summed E-state index contributed by atoms with van der Waals surface area (Å²) in [6.07, 6.45) is 9.28. The first-order valence-corrected chi connectivity index (χ1v) is 17.2. The van der Waals surface area contributed by atoms with Gasteiger partial charge in [0, 0.05) is 69.2 Å². The maximum Gasteiger partial charge on any atom is 0.316 e. The zero-order chi connectivity index (χ0) is 35.8. The van der Waals surface area contributed by atoms with Crippen molar-refractivity contribution in [2.45, 2.75) is 111 Å². The molecule has 0 N–H and O–H groups in total. The summed E-state index contributed by atoms with van der Waals surface area (Å²) in [5.41, 5.74) is -0.319. The highest BCUT2D eigenvalue weighted by atomic mass is 16.6. The maximum absolute atomic E-state index is 14.3. The molecule has 11 heteroatoms. The number of pyridine rings is 1. The van der Waals surface area contributed by atoms with Gasteiger partial charge in [-0.3, -0.25) is 24.2 Å². The monoisotopic (exact) mass is 668 g/mol. The summed E-state index contributed by atoms with van der Waals surface area (Å²) < 4.78 is 20.2. The van der Waals surface area contributed by atoms with Crippen LogP contribution in [-0.2, 0) is 39.9 Å². The van der Waals surface area contributed by atoms with E-state index in [9.17, 15) is 19.2 Å². The highest BCUT2D eigenvalue weighted by molar-refractivity contribution is 5.99. The smallest absolute Gasteiger partial charge is 0.316 e. The second-order valence-corrected chi connectivity index (χ2v) is 14.0. The number of aryl methyl sites for hydroxylation is 1. The Morgan fingerprint density at radius 1 is 1.04 bits per heavy atom. The molecule has 0 aromatic carbocycles. The summed E-state index contributed by atoms with van der Waals surface area (Å²) in [5.74, 6) is -3.90. The van der Waals surface area contributed by atoms with Crippen molar-refractivity contribution < 1.29 is 33.4 Å². The van der Waals surface area contributed by atoms with Crippen LogP contribution in [0.1, 0.15) is 81.1 Å². The number of amides is 1. The normalized spacial score (nSPS) is 32.4. The van der Waals surface area contributed by atoms with E-state index in [1.807, 2.05) is 57.5 Å². The van der Waals surface area contributed by atoms with E-state index in [0.29, 0.717) is 32.4 Å². The molecule has 11 nitrogen and oxygen atoms in total. The first-order valence-electron chi connectivity index (χ1n) is 17.2. The summed E-state index contributed by atoms with van der Waals surface area (Å²) in [6.45, 7) is 15.6. The molecule has 0 radical (unpaired) electrons. The number of carbonyl (C=O) groups is 4. The van der Waals surface area contributed by atoms with E-state index in [0.717, 1.165) is 24.1 Å². The molecule has 1 amide bonds. The van der Waals surface area contributed by atoms with Gasteiger partial charge in [-0.25, -0.2) is 4.98 Å². The number of ketones is 2. The van der Waals surface area contributed by atoms with Crippen molar-refractivity contribution in [2.75, 3.05) is 20.8 Å². The van der Waals surface area contributed by atoms with E-state index < -0.39 is 53.0 Å². The van der Waals surface area contributed by atoms with E-state index >= 15 is 0 Å². The Hall–Kier alpha value is -3.44. The third-order valence-corrected chi connectivity index (χ3v) is 11.0. The van der Waals surface area contributed by atoms with Crippen LogP contribution in [0.4, 0.5) is 0 Å². The second-order valence-electron chi connectivity index (χ2n) is 14.0. The van der Waals surface area contributed by atoms with Crippen molar-refractivity contribution in [3.63, 3.8) is 0 Å². The lowest BCUT2D eigenvalue weighted by Crippen LogP contribution is -2.63. The fraction of sp³-hybridized carbons (Fsp3) is 0.676. The predicted molar refractivity (Wildman–Crippen MR) is 183 cm³/mol. The van der Waals surface area contributed by atoms with Gasteiger partial charge in [-0.1, -0.05) is 34.6 Å². The highest BCUT2D eigenvalue weighted by Crippen LogP contribution is 2.39. The number of unbranched alkanes of at least 4 members (excludes halogenated alkanes) is 1. The van der Waals surface area contributed by atoms with Gasteiger partial charge in [0.25, 0.3) is 0 Å². The molecule has 1 aliphatic rings. The molecule has 9 atom stereocenters. The Morgan fingerprint density at radius 2 is 1.75 bits per heavy atom. The number of carbonyl (C=O) groups excluding carboxylic acids is 4. The lowest BCUT2D eigenvalue weighted by Gasteiger charge is -2.48. The van der Waals surface area contributed by atoms with Gasteiger partial charge in [0.15, 0.2) is 0 Å². The SMILES string of the molecule is CC[C@H]1OC(=O)[C@H](C)C(=O)[C@H](C)[C@@H](C)[C@](C)(OC)C[C@@H](C)C(=O)[C@H](C)[C@@H](N(C=O)CCCCn2cnc(-c3cccnc3)c2)[C@]1(C)OC. The lowest BCUT2D eigenvalue weighted by atomic mass is 9.70. The number of methoxy groups -OCH3 is 2. The van der Waals surface area contributed by atoms with Crippen LogP contribution in [0.25, 0.3) is 11.3 Å². The largest absolute Gasteiger partial charge is 0.459 e. The molecule has 0 spiro atoms. The predicted octanol–water partition coefficient (Wildman–Crippen LogP) is 5.41. The minimum atomic E-state index is -1.26. The van der Waals surface area contributed by atoms with Crippen LogP contribution >= 0.6 is 0 Å². The van der Waals surface area contributed by atoms with Gasteiger partial charge in [0.1, 0.15) is 29.2 Å². The number of Topliss-reactive ketones (excluding diaryl/α,β-unsaturated/α-hetero) is 2. The Labute approximate surface area is 286 Å². The van der Waals surface area contributed by atoms with Gasteiger partial charge in [-0.15, -0.1) is 0 Å². The molecule has 48 heavy (non-hydrogen) atoms. The van der Waals surface area contributed by atoms with Gasteiger partial charge in [-0.2, -0.15) is 0 Å². The first-order chi connectivity index (χ1) is 22.7. The van der Waals surface area contributed by atoms with Gasteiger partial charge in [-0.05, 0) is 64.5 Å².